The van der Waals surface area contributed by atoms with Gasteiger partial charge in [-0.3, -0.25) is 4.79 Å². The Morgan fingerprint density at radius 2 is 2.11 bits per heavy atom. The molecule has 0 aromatic carbocycles. The van der Waals surface area contributed by atoms with E-state index in [2.05, 4.69) is 26.3 Å². The molecule has 0 unspecified atom stereocenters. The fraction of sp³-hybridized carbons (Fsp3) is 0.636. The van der Waals surface area contributed by atoms with E-state index in [1.165, 1.54) is 10.9 Å². The summed E-state index contributed by atoms with van der Waals surface area (Å²) < 4.78 is 37.5. The first-order valence-corrected chi connectivity index (χ1v) is 6.56. The first kappa shape index (κ1) is 16.0. The monoisotopic (exact) mass is 341 g/mol. The number of alkyl halides is 3. The Hall–Kier alpha value is -1.05. The third-order valence-corrected chi connectivity index (χ3v) is 3.01. The summed E-state index contributed by atoms with van der Waals surface area (Å²) in [5.41, 5.74) is -0.0834. The van der Waals surface area contributed by atoms with Crippen LogP contribution in [0.25, 0.3) is 0 Å². The van der Waals surface area contributed by atoms with Crippen LogP contribution >= 0.6 is 15.9 Å². The minimum atomic E-state index is -4.22. The zero-order valence-corrected chi connectivity index (χ0v) is 12.2. The summed E-state index contributed by atoms with van der Waals surface area (Å²) in [7, 11) is 0. The standard InChI is InChI=1S/C11H15BrF3N3O/c1-7(2)6-18-10(19)9(12)8(5-17-18)16-4-3-11(13,14)15/h5,7,16H,3-4,6H2,1-2H3. The Balaban J connectivity index is 2.77. The molecule has 8 heteroatoms. The highest BCUT2D eigenvalue weighted by Crippen LogP contribution is 2.21. The predicted octanol–water partition coefficient (Wildman–Crippen LogP) is 3.03. The molecule has 19 heavy (non-hydrogen) atoms. The van der Waals surface area contributed by atoms with Crippen molar-refractivity contribution in [3.8, 4) is 0 Å². The summed E-state index contributed by atoms with van der Waals surface area (Å²) in [5.74, 6) is 0.251. The number of anilines is 1. The van der Waals surface area contributed by atoms with Crippen molar-refractivity contribution >= 4 is 21.6 Å². The van der Waals surface area contributed by atoms with Crippen molar-refractivity contribution in [2.24, 2.45) is 5.92 Å². The van der Waals surface area contributed by atoms with E-state index >= 15 is 0 Å². The predicted molar refractivity (Wildman–Crippen MR) is 70.2 cm³/mol. The summed E-state index contributed by atoms with van der Waals surface area (Å²) in [6.45, 7) is 4.05. The van der Waals surface area contributed by atoms with Crippen molar-refractivity contribution in [2.45, 2.75) is 33.0 Å². The third kappa shape index (κ3) is 5.22. The summed E-state index contributed by atoms with van der Waals surface area (Å²) in [5, 5.41) is 6.47. The van der Waals surface area contributed by atoms with Crippen LogP contribution in [0.4, 0.5) is 18.9 Å². The highest BCUT2D eigenvalue weighted by Gasteiger charge is 2.26. The van der Waals surface area contributed by atoms with E-state index in [1.54, 1.807) is 0 Å². The van der Waals surface area contributed by atoms with Crippen molar-refractivity contribution in [1.82, 2.24) is 9.78 Å². The van der Waals surface area contributed by atoms with Crippen molar-refractivity contribution in [2.75, 3.05) is 11.9 Å². The lowest BCUT2D eigenvalue weighted by Crippen LogP contribution is -2.26. The number of hydrogen-bond acceptors (Lipinski definition) is 3. The van der Waals surface area contributed by atoms with Crippen molar-refractivity contribution in [3.05, 3.63) is 21.0 Å². The van der Waals surface area contributed by atoms with Gasteiger partial charge in [-0.1, -0.05) is 13.8 Å². The second kappa shape index (κ2) is 6.40. The molecule has 0 spiro atoms. The van der Waals surface area contributed by atoms with Crippen molar-refractivity contribution < 1.29 is 13.2 Å². The lowest BCUT2D eigenvalue weighted by molar-refractivity contribution is -0.131. The van der Waals surface area contributed by atoms with Crippen LogP contribution in [0, 0.1) is 5.92 Å². The summed E-state index contributed by atoms with van der Waals surface area (Å²) >= 11 is 3.08. The van der Waals surface area contributed by atoms with E-state index in [0.29, 0.717) is 6.54 Å². The Morgan fingerprint density at radius 1 is 1.47 bits per heavy atom. The molecule has 0 saturated heterocycles. The van der Waals surface area contributed by atoms with Gasteiger partial charge < -0.3 is 5.32 Å². The molecular formula is C11H15BrF3N3O. The zero-order valence-electron chi connectivity index (χ0n) is 10.6. The first-order valence-electron chi connectivity index (χ1n) is 5.77. The molecule has 1 heterocycles. The molecule has 0 atom stereocenters. The normalized spacial score (nSPS) is 11.9. The number of aromatic nitrogens is 2. The van der Waals surface area contributed by atoms with E-state index in [4.69, 9.17) is 0 Å². The second-order valence-corrected chi connectivity index (χ2v) is 5.34. The van der Waals surface area contributed by atoms with Crippen molar-refractivity contribution in [1.29, 1.82) is 0 Å². The van der Waals surface area contributed by atoms with Gasteiger partial charge in [-0.2, -0.15) is 18.3 Å². The molecule has 0 aliphatic carbocycles. The first-order chi connectivity index (χ1) is 8.70. The molecule has 1 aromatic heterocycles. The van der Waals surface area contributed by atoms with Gasteiger partial charge in [0.05, 0.1) is 18.3 Å². The van der Waals surface area contributed by atoms with E-state index < -0.39 is 12.6 Å². The molecule has 0 amide bonds. The molecule has 1 rings (SSSR count). The van der Waals surface area contributed by atoms with Gasteiger partial charge in [0, 0.05) is 13.1 Å². The summed E-state index contributed by atoms with van der Waals surface area (Å²) in [6.07, 6.45) is -3.84. The van der Waals surface area contributed by atoms with Crippen LogP contribution in [0.3, 0.4) is 0 Å². The van der Waals surface area contributed by atoms with Crippen LogP contribution in [-0.4, -0.2) is 22.5 Å². The maximum Gasteiger partial charge on any atom is 0.390 e. The fourth-order valence-corrected chi connectivity index (χ4v) is 1.85. The largest absolute Gasteiger partial charge is 0.390 e. The lowest BCUT2D eigenvalue weighted by Gasteiger charge is -2.12. The van der Waals surface area contributed by atoms with Crippen molar-refractivity contribution in [3.63, 3.8) is 0 Å². The van der Waals surface area contributed by atoms with E-state index in [-0.39, 0.29) is 28.2 Å². The third-order valence-electron chi connectivity index (χ3n) is 2.25. The number of nitrogens with one attached hydrogen (secondary N) is 1. The van der Waals surface area contributed by atoms with Gasteiger partial charge in [0.25, 0.3) is 5.56 Å². The smallest absolute Gasteiger partial charge is 0.382 e. The molecule has 0 aliphatic rings. The van der Waals surface area contributed by atoms with Gasteiger partial charge in [0.2, 0.25) is 0 Å². The van der Waals surface area contributed by atoms with Crippen LogP contribution in [0.5, 0.6) is 0 Å². The average Bonchev–Trinajstić information content (AvgIpc) is 2.26. The molecule has 108 valence electrons. The van der Waals surface area contributed by atoms with Crippen LogP contribution in [0.2, 0.25) is 0 Å². The minimum absolute atomic E-state index is 0.199. The average molecular weight is 342 g/mol. The topological polar surface area (TPSA) is 46.9 Å². The number of hydrogen-bond donors (Lipinski definition) is 1. The SMILES string of the molecule is CC(C)Cn1ncc(NCCC(F)(F)F)c(Br)c1=O. The van der Waals surface area contributed by atoms with Gasteiger partial charge >= 0.3 is 6.18 Å². The number of rotatable bonds is 5. The highest BCUT2D eigenvalue weighted by molar-refractivity contribution is 9.10. The maximum atomic E-state index is 12.0. The highest BCUT2D eigenvalue weighted by atomic mass is 79.9. The maximum absolute atomic E-state index is 12.0. The van der Waals surface area contributed by atoms with Gasteiger partial charge in [0.15, 0.2) is 0 Å². The second-order valence-electron chi connectivity index (χ2n) is 4.55. The Labute approximate surface area is 117 Å². The van der Waals surface area contributed by atoms with Crippen LogP contribution in [0.1, 0.15) is 20.3 Å². The quantitative estimate of drug-likeness (QED) is 0.895. The molecule has 0 saturated carbocycles. The van der Waals surface area contributed by atoms with Crippen LogP contribution in [0.15, 0.2) is 15.5 Å². The molecule has 1 N–H and O–H groups in total. The molecule has 4 nitrogen and oxygen atoms in total. The van der Waals surface area contributed by atoms with Gasteiger partial charge in [-0.05, 0) is 21.8 Å². The molecule has 1 aromatic rings. The van der Waals surface area contributed by atoms with E-state index in [0.717, 1.165) is 0 Å². The van der Waals surface area contributed by atoms with Crippen LogP contribution in [-0.2, 0) is 6.54 Å². The lowest BCUT2D eigenvalue weighted by atomic mass is 10.2. The number of nitrogens with zero attached hydrogens (tertiary/aromatic N) is 2. The number of halogens is 4. The fourth-order valence-electron chi connectivity index (χ4n) is 1.40. The molecule has 0 fully saturated rings. The van der Waals surface area contributed by atoms with Crippen LogP contribution < -0.4 is 10.9 Å². The molecular weight excluding hydrogens is 327 g/mol. The Kier molecular flexibility index (Phi) is 5.39. The Bertz CT molecular complexity index is 485. The summed E-state index contributed by atoms with van der Waals surface area (Å²) in [4.78, 5) is 11.9. The van der Waals surface area contributed by atoms with Gasteiger partial charge in [-0.15, -0.1) is 0 Å². The van der Waals surface area contributed by atoms with Gasteiger partial charge in [-0.25, -0.2) is 4.68 Å². The van der Waals surface area contributed by atoms with E-state index in [9.17, 15) is 18.0 Å². The molecule has 0 bridgehead atoms. The minimum Gasteiger partial charge on any atom is -0.382 e. The molecule has 0 radical (unpaired) electrons. The van der Waals surface area contributed by atoms with E-state index in [1.807, 2.05) is 13.8 Å². The summed E-state index contributed by atoms with van der Waals surface area (Å²) in [6, 6.07) is 0. The molecule has 0 aliphatic heterocycles. The Morgan fingerprint density at radius 3 is 2.63 bits per heavy atom. The van der Waals surface area contributed by atoms with Gasteiger partial charge in [0.1, 0.15) is 4.47 Å². The zero-order chi connectivity index (χ0) is 14.6.